The van der Waals surface area contributed by atoms with Gasteiger partial charge in [0.15, 0.2) is 0 Å². The Hall–Kier alpha value is -4.08. The molecule has 0 aliphatic carbocycles. The molecule has 0 unspecified atom stereocenters. The summed E-state index contributed by atoms with van der Waals surface area (Å²) in [5.41, 5.74) is 3.09. The lowest BCUT2D eigenvalue weighted by molar-refractivity contribution is -0.163. The number of aromatic nitrogens is 4. The van der Waals surface area contributed by atoms with E-state index in [2.05, 4.69) is 15.3 Å². The van der Waals surface area contributed by atoms with Crippen LogP contribution in [-0.2, 0) is 16.1 Å². The molecule has 10 heteroatoms. The number of benzene rings is 1. The van der Waals surface area contributed by atoms with E-state index < -0.39 is 0 Å². The first-order valence-corrected chi connectivity index (χ1v) is 10.4. The van der Waals surface area contributed by atoms with Gasteiger partial charge in [-0.15, -0.1) is 5.10 Å². The van der Waals surface area contributed by atoms with Gasteiger partial charge in [0.05, 0.1) is 30.7 Å². The van der Waals surface area contributed by atoms with Crippen LogP contribution in [0.15, 0.2) is 42.6 Å². The van der Waals surface area contributed by atoms with Crippen molar-refractivity contribution in [2.45, 2.75) is 32.7 Å². The van der Waals surface area contributed by atoms with Crippen LogP contribution in [0.3, 0.4) is 0 Å². The van der Waals surface area contributed by atoms with Crippen molar-refractivity contribution >= 4 is 17.7 Å². The van der Waals surface area contributed by atoms with Gasteiger partial charge in [-0.3, -0.25) is 14.4 Å². The molecule has 0 atom stereocenters. The van der Waals surface area contributed by atoms with Crippen LogP contribution in [-0.4, -0.2) is 54.3 Å². The number of ether oxygens (including phenoxy) is 1. The average molecular weight is 432 g/mol. The summed E-state index contributed by atoms with van der Waals surface area (Å²) in [6.07, 6.45) is 2.78. The average Bonchev–Trinajstić information content (AvgIpc) is 3.40. The molecule has 3 aromatic rings. The molecule has 0 N–H and O–H groups in total. The lowest BCUT2D eigenvalue weighted by atomic mass is 10.1. The summed E-state index contributed by atoms with van der Waals surface area (Å²) in [6.45, 7) is 2.56. The summed E-state index contributed by atoms with van der Waals surface area (Å²) >= 11 is 0. The van der Waals surface area contributed by atoms with Crippen LogP contribution in [0.2, 0.25) is 0 Å². The molecule has 2 aliphatic heterocycles. The number of carbonyl (C=O) groups excluding carboxylic acids is 3. The van der Waals surface area contributed by atoms with E-state index in [0.717, 1.165) is 5.01 Å². The molecule has 4 heterocycles. The molecule has 162 valence electrons. The van der Waals surface area contributed by atoms with E-state index in [9.17, 15) is 14.4 Å². The molecule has 0 bridgehead atoms. The van der Waals surface area contributed by atoms with E-state index in [1.54, 1.807) is 29.1 Å². The Morgan fingerprint density at radius 1 is 1.03 bits per heavy atom. The number of hydrazine groups is 1. The summed E-state index contributed by atoms with van der Waals surface area (Å²) in [7, 11) is 0. The highest BCUT2D eigenvalue weighted by atomic mass is 16.5. The van der Waals surface area contributed by atoms with Crippen molar-refractivity contribution in [3.05, 3.63) is 53.7 Å². The SMILES string of the molecule is CCOc1cccc(-c2cn(-c3ccc4c(c3)CN(N3C(=O)CCCC3=O)C4=O)nn2)n1. The van der Waals surface area contributed by atoms with Crippen molar-refractivity contribution in [3.8, 4) is 23.0 Å². The first kappa shape index (κ1) is 19.9. The Kier molecular flexibility index (Phi) is 4.89. The number of fused-ring (bicyclic) bond motifs is 1. The standard InChI is InChI=1S/C22H20N6O4/c1-2-32-19-6-3-5-17(23-19)18-13-26(25-24-18)15-9-10-16-14(11-15)12-27(22(16)31)28-20(29)7-4-8-21(28)30/h3,5-6,9-11,13H,2,4,7-8,12H2,1H3. The minimum Gasteiger partial charge on any atom is -0.478 e. The van der Waals surface area contributed by atoms with E-state index in [0.29, 0.717) is 47.1 Å². The zero-order valence-electron chi connectivity index (χ0n) is 17.4. The van der Waals surface area contributed by atoms with Crippen LogP contribution in [0.5, 0.6) is 5.88 Å². The molecule has 0 saturated carbocycles. The molecule has 1 fully saturated rings. The maximum Gasteiger partial charge on any atom is 0.273 e. The Balaban J connectivity index is 1.41. The van der Waals surface area contributed by atoms with Gasteiger partial charge in [-0.2, -0.15) is 5.01 Å². The fraction of sp³-hybridized carbons (Fsp3) is 0.273. The predicted molar refractivity (Wildman–Crippen MR) is 111 cm³/mol. The normalized spacial score (nSPS) is 16.0. The number of hydrogen-bond donors (Lipinski definition) is 0. The maximum absolute atomic E-state index is 12.8. The zero-order chi connectivity index (χ0) is 22.2. The van der Waals surface area contributed by atoms with Crippen LogP contribution in [0.1, 0.15) is 42.1 Å². The number of amides is 3. The highest BCUT2D eigenvalue weighted by Crippen LogP contribution is 2.29. The third kappa shape index (κ3) is 3.39. The van der Waals surface area contributed by atoms with Crippen LogP contribution in [0.4, 0.5) is 0 Å². The van der Waals surface area contributed by atoms with Crippen molar-refractivity contribution < 1.29 is 19.1 Å². The summed E-state index contributed by atoms with van der Waals surface area (Å²) < 4.78 is 7.03. The minimum atomic E-state index is -0.355. The topological polar surface area (TPSA) is 111 Å². The second kappa shape index (κ2) is 7.88. The van der Waals surface area contributed by atoms with Crippen LogP contribution in [0.25, 0.3) is 17.1 Å². The number of hydrogen-bond acceptors (Lipinski definition) is 7. The quantitative estimate of drug-likeness (QED) is 0.568. The van der Waals surface area contributed by atoms with E-state index in [1.165, 1.54) is 5.01 Å². The van der Waals surface area contributed by atoms with Gasteiger partial charge in [-0.1, -0.05) is 11.3 Å². The molecule has 2 aromatic heterocycles. The summed E-state index contributed by atoms with van der Waals surface area (Å²) in [6, 6.07) is 10.7. The molecule has 0 radical (unpaired) electrons. The molecule has 2 aliphatic rings. The molecule has 0 spiro atoms. The van der Waals surface area contributed by atoms with Crippen LogP contribution >= 0.6 is 0 Å². The number of pyridine rings is 1. The Morgan fingerprint density at radius 3 is 2.62 bits per heavy atom. The van der Waals surface area contributed by atoms with Gasteiger partial charge >= 0.3 is 0 Å². The third-order valence-corrected chi connectivity index (χ3v) is 5.41. The molecular weight excluding hydrogens is 412 g/mol. The fourth-order valence-electron chi connectivity index (χ4n) is 3.90. The number of imide groups is 1. The number of carbonyl (C=O) groups is 3. The lowest BCUT2D eigenvalue weighted by Gasteiger charge is -2.32. The van der Waals surface area contributed by atoms with Gasteiger partial charge in [0.2, 0.25) is 17.7 Å². The molecule has 1 aromatic carbocycles. The Bertz CT molecular complexity index is 1220. The largest absolute Gasteiger partial charge is 0.478 e. The minimum absolute atomic E-state index is 0.152. The van der Waals surface area contributed by atoms with Gasteiger partial charge in [-0.25, -0.2) is 14.7 Å². The van der Waals surface area contributed by atoms with Crippen molar-refractivity contribution in [2.75, 3.05) is 6.61 Å². The first-order valence-electron chi connectivity index (χ1n) is 10.4. The van der Waals surface area contributed by atoms with E-state index in [4.69, 9.17) is 4.74 Å². The molecule has 1 saturated heterocycles. The monoisotopic (exact) mass is 432 g/mol. The summed E-state index contributed by atoms with van der Waals surface area (Å²) in [5.74, 6) is -0.528. The molecular formula is C22H20N6O4. The second-order valence-corrected chi connectivity index (χ2v) is 7.50. The van der Waals surface area contributed by atoms with Gasteiger partial charge in [0, 0.05) is 24.5 Å². The van der Waals surface area contributed by atoms with Crippen molar-refractivity contribution in [1.82, 2.24) is 30.0 Å². The first-order chi connectivity index (χ1) is 15.5. The van der Waals surface area contributed by atoms with Crippen LogP contribution in [0, 0.1) is 0 Å². The van der Waals surface area contributed by atoms with Crippen LogP contribution < -0.4 is 4.74 Å². The number of piperidine rings is 1. The van der Waals surface area contributed by atoms with E-state index >= 15 is 0 Å². The Labute approximate surface area is 183 Å². The third-order valence-electron chi connectivity index (χ3n) is 5.41. The predicted octanol–water partition coefficient (Wildman–Crippen LogP) is 2.14. The molecule has 3 amide bonds. The van der Waals surface area contributed by atoms with Crippen molar-refractivity contribution in [3.63, 3.8) is 0 Å². The molecule has 5 rings (SSSR count). The van der Waals surface area contributed by atoms with Gasteiger partial charge in [0.1, 0.15) is 5.69 Å². The van der Waals surface area contributed by atoms with Gasteiger partial charge in [-0.05, 0) is 43.2 Å². The molecule has 10 nitrogen and oxygen atoms in total. The fourth-order valence-corrected chi connectivity index (χ4v) is 3.90. The van der Waals surface area contributed by atoms with E-state index in [1.807, 2.05) is 25.1 Å². The highest BCUT2D eigenvalue weighted by molar-refractivity contribution is 6.04. The highest BCUT2D eigenvalue weighted by Gasteiger charge is 2.39. The summed E-state index contributed by atoms with van der Waals surface area (Å²) in [5, 5.41) is 10.6. The van der Waals surface area contributed by atoms with E-state index in [-0.39, 0.29) is 37.1 Å². The number of nitrogens with zero attached hydrogens (tertiary/aromatic N) is 6. The van der Waals surface area contributed by atoms with Crippen molar-refractivity contribution in [2.24, 2.45) is 0 Å². The maximum atomic E-state index is 12.8. The second-order valence-electron chi connectivity index (χ2n) is 7.50. The van der Waals surface area contributed by atoms with Gasteiger partial charge in [0.25, 0.3) is 5.91 Å². The lowest BCUT2D eigenvalue weighted by Crippen LogP contribution is -2.51. The Morgan fingerprint density at radius 2 is 1.84 bits per heavy atom. The zero-order valence-corrected chi connectivity index (χ0v) is 17.4. The van der Waals surface area contributed by atoms with Gasteiger partial charge < -0.3 is 4.74 Å². The summed E-state index contributed by atoms with van der Waals surface area (Å²) in [4.78, 5) is 41.8. The number of rotatable bonds is 5. The smallest absolute Gasteiger partial charge is 0.273 e. The molecule has 32 heavy (non-hydrogen) atoms. The van der Waals surface area contributed by atoms with Crippen molar-refractivity contribution in [1.29, 1.82) is 0 Å².